The number of hydrogen-bond donors (Lipinski definition) is 1. The Balaban J connectivity index is 1.69. The highest BCUT2D eigenvalue weighted by atomic mass is 16.1. The third-order valence-electron chi connectivity index (χ3n) is 3.78. The number of nitrogens with one attached hydrogen (secondary N) is 1. The number of anilines is 1. The molecule has 0 atom stereocenters. The van der Waals surface area contributed by atoms with Crippen molar-refractivity contribution < 1.29 is 4.79 Å². The van der Waals surface area contributed by atoms with Crippen molar-refractivity contribution >= 4 is 11.6 Å². The van der Waals surface area contributed by atoms with Crippen LogP contribution in [0.3, 0.4) is 0 Å². The van der Waals surface area contributed by atoms with Gasteiger partial charge in [-0.1, -0.05) is 30.3 Å². The second-order valence-electron chi connectivity index (χ2n) is 6.14. The van der Waals surface area contributed by atoms with Crippen LogP contribution in [0.2, 0.25) is 0 Å². The van der Waals surface area contributed by atoms with Gasteiger partial charge in [-0.05, 0) is 43.4 Å². The zero-order chi connectivity index (χ0) is 17.6. The Kier molecular flexibility index (Phi) is 5.20. The van der Waals surface area contributed by atoms with E-state index in [1.807, 2.05) is 62.6 Å². The maximum absolute atomic E-state index is 12.5. The van der Waals surface area contributed by atoms with Crippen LogP contribution in [0.1, 0.15) is 21.5 Å². The molecule has 6 heteroatoms. The highest BCUT2D eigenvalue weighted by Gasteiger charge is 2.09. The molecule has 0 unspecified atom stereocenters. The fourth-order valence-corrected chi connectivity index (χ4v) is 2.58. The fourth-order valence-electron chi connectivity index (χ4n) is 2.58. The number of para-hydroxylation sites is 1. The molecule has 1 aromatic heterocycles. The number of rotatable bonds is 6. The second-order valence-corrected chi connectivity index (χ2v) is 6.14. The minimum Gasteiger partial charge on any atom is -0.322 e. The maximum atomic E-state index is 12.5. The summed E-state index contributed by atoms with van der Waals surface area (Å²) < 4.78 is 1.74. The Labute approximate surface area is 147 Å². The molecule has 0 saturated heterocycles. The van der Waals surface area contributed by atoms with E-state index in [0.29, 0.717) is 12.1 Å². The molecule has 0 aliphatic heterocycles. The molecule has 1 heterocycles. The number of aromatic nitrogens is 3. The molecular formula is C19H21N5O. The van der Waals surface area contributed by atoms with Gasteiger partial charge in [-0.3, -0.25) is 4.79 Å². The van der Waals surface area contributed by atoms with Gasteiger partial charge in [-0.15, -0.1) is 0 Å². The summed E-state index contributed by atoms with van der Waals surface area (Å²) in [5, 5.41) is 7.08. The van der Waals surface area contributed by atoms with Crippen LogP contribution in [0, 0.1) is 0 Å². The van der Waals surface area contributed by atoms with Crippen molar-refractivity contribution in [2.45, 2.75) is 13.1 Å². The van der Waals surface area contributed by atoms with Gasteiger partial charge in [-0.2, -0.15) is 5.10 Å². The molecule has 0 saturated carbocycles. The molecular weight excluding hydrogens is 314 g/mol. The summed E-state index contributed by atoms with van der Waals surface area (Å²) in [4.78, 5) is 18.5. The predicted molar refractivity (Wildman–Crippen MR) is 97.4 cm³/mol. The Morgan fingerprint density at radius 2 is 1.88 bits per heavy atom. The SMILES string of the molecule is CN(C)Cc1ccccc1NC(=O)c1ccc(Cn2cncn2)cc1. The summed E-state index contributed by atoms with van der Waals surface area (Å²) in [6, 6.07) is 15.4. The van der Waals surface area contributed by atoms with Gasteiger partial charge in [0.25, 0.3) is 5.91 Å². The lowest BCUT2D eigenvalue weighted by molar-refractivity contribution is 0.102. The van der Waals surface area contributed by atoms with Crippen molar-refractivity contribution in [3.05, 3.63) is 77.9 Å². The largest absolute Gasteiger partial charge is 0.322 e. The first-order valence-electron chi connectivity index (χ1n) is 8.07. The Morgan fingerprint density at radius 3 is 2.56 bits per heavy atom. The monoisotopic (exact) mass is 335 g/mol. The van der Waals surface area contributed by atoms with Crippen molar-refractivity contribution in [1.29, 1.82) is 0 Å². The van der Waals surface area contributed by atoms with Crippen LogP contribution in [0.5, 0.6) is 0 Å². The summed E-state index contributed by atoms with van der Waals surface area (Å²) in [6.45, 7) is 1.40. The highest BCUT2D eigenvalue weighted by molar-refractivity contribution is 6.04. The number of benzene rings is 2. The van der Waals surface area contributed by atoms with Crippen LogP contribution in [0.4, 0.5) is 5.69 Å². The average Bonchev–Trinajstić information content (AvgIpc) is 3.10. The summed E-state index contributed by atoms with van der Waals surface area (Å²) >= 11 is 0. The van der Waals surface area contributed by atoms with Gasteiger partial charge >= 0.3 is 0 Å². The van der Waals surface area contributed by atoms with Gasteiger partial charge < -0.3 is 10.2 Å². The van der Waals surface area contributed by atoms with E-state index in [0.717, 1.165) is 23.4 Å². The van der Waals surface area contributed by atoms with E-state index in [4.69, 9.17) is 0 Å². The normalized spacial score (nSPS) is 10.8. The maximum Gasteiger partial charge on any atom is 0.255 e. The molecule has 1 amide bonds. The summed E-state index contributed by atoms with van der Waals surface area (Å²) in [6.07, 6.45) is 3.18. The number of carbonyl (C=O) groups is 1. The molecule has 3 rings (SSSR count). The quantitative estimate of drug-likeness (QED) is 0.752. The van der Waals surface area contributed by atoms with Gasteiger partial charge in [0.1, 0.15) is 12.7 Å². The van der Waals surface area contributed by atoms with Gasteiger partial charge in [0.15, 0.2) is 0 Å². The zero-order valence-corrected chi connectivity index (χ0v) is 14.4. The fraction of sp³-hybridized carbons (Fsp3) is 0.211. The Bertz CT molecular complexity index is 825. The number of amides is 1. The van der Waals surface area contributed by atoms with Gasteiger partial charge in [0.2, 0.25) is 0 Å². The highest BCUT2D eigenvalue weighted by Crippen LogP contribution is 2.17. The Hall–Kier alpha value is -2.99. The molecule has 1 N–H and O–H groups in total. The van der Waals surface area contributed by atoms with Gasteiger partial charge in [0.05, 0.1) is 6.54 Å². The average molecular weight is 335 g/mol. The van der Waals surface area contributed by atoms with E-state index in [1.165, 1.54) is 6.33 Å². The third-order valence-corrected chi connectivity index (χ3v) is 3.78. The molecule has 0 aliphatic carbocycles. The van der Waals surface area contributed by atoms with Crippen LogP contribution in [0.25, 0.3) is 0 Å². The van der Waals surface area contributed by atoms with E-state index in [2.05, 4.69) is 20.3 Å². The predicted octanol–water partition coefficient (Wildman–Crippen LogP) is 2.64. The lowest BCUT2D eigenvalue weighted by Crippen LogP contribution is -2.16. The molecule has 0 spiro atoms. The molecule has 0 aliphatic rings. The molecule has 0 fully saturated rings. The molecule has 6 nitrogen and oxygen atoms in total. The van der Waals surface area contributed by atoms with Crippen LogP contribution in [0.15, 0.2) is 61.2 Å². The van der Waals surface area contributed by atoms with Crippen LogP contribution in [-0.2, 0) is 13.1 Å². The van der Waals surface area contributed by atoms with E-state index < -0.39 is 0 Å². The molecule has 2 aromatic carbocycles. The standard InChI is InChI=1S/C19H21N5O/c1-23(2)12-17-5-3-4-6-18(17)22-19(25)16-9-7-15(8-10-16)11-24-14-20-13-21-24/h3-10,13-14H,11-12H2,1-2H3,(H,22,25). The lowest BCUT2D eigenvalue weighted by Gasteiger charge is -2.15. The summed E-state index contributed by atoms with van der Waals surface area (Å²) in [5.41, 5.74) is 3.62. The molecule has 3 aromatic rings. The molecule has 128 valence electrons. The van der Waals surface area contributed by atoms with Gasteiger partial charge in [-0.25, -0.2) is 9.67 Å². The van der Waals surface area contributed by atoms with Crippen molar-refractivity contribution in [2.24, 2.45) is 0 Å². The van der Waals surface area contributed by atoms with Crippen LogP contribution < -0.4 is 5.32 Å². The third kappa shape index (κ3) is 4.51. The van der Waals surface area contributed by atoms with Gasteiger partial charge in [0, 0.05) is 17.8 Å². The molecule has 0 radical (unpaired) electrons. The van der Waals surface area contributed by atoms with E-state index >= 15 is 0 Å². The van der Waals surface area contributed by atoms with E-state index in [9.17, 15) is 4.79 Å². The van der Waals surface area contributed by atoms with E-state index in [1.54, 1.807) is 11.0 Å². The zero-order valence-electron chi connectivity index (χ0n) is 14.4. The second kappa shape index (κ2) is 7.72. The molecule has 0 bridgehead atoms. The van der Waals surface area contributed by atoms with Crippen molar-refractivity contribution in [3.8, 4) is 0 Å². The minimum absolute atomic E-state index is 0.112. The van der Waals surface area contributed by atoms with Crippen molar-refractivity contribution in [3.63, 3.8) is 0 Å². The van der Waals surface area contributed by atoms with E-state index in [-0.39, 0.29) is 5.91 Å². The first-order chi connectivity index (χ1) is 12.1. The summed E-state index contributed by atoms with van der Waals surface area (Å²) in [5.74, 6) is -0.112. The first kappa shape index (κ1) is 16.9. The molecule has 25 heavy (non-hydrogen) atoms. The lowest BCUT2D eigenvalue weighted by atomic mass is 10.1. The number of carbonyl (C=O) groups excluding carboxylic acids is 1. The summed E-state index contributed by atoms with van der Waals surface area (Å²) in [7, 11) is 4.01. The smallest absolute Gasteiger partial charge is 0.255 e. The minimum atomic E-state index is -0.112. The Morgan fingerprint density at radius 1 is 1.12 bits per heavy atom. The van der Waals surface area contributed by atoms with Crippen molar-refractivity contribution in [1.82, 2.24) is 19.7 Å². The number of hydrogen-bond acceptors (Lipinski definition) is 4. The van der Waals surface area contributed by atoms with Crippen molar-refractivity contribution in [2.75, 3.05) is 19.4 Å². The van der Waals surface area contributed by atoms with Crippen LogP contribution in [-0.4, -0.2) is 39.7 Å². The number of nitrogens with zero attached hydrogens (tertiary/aromatic N) is 4. The van der Waals surface area contributed by atoms with Crippen LogP contribution >= 0.6 is 0 Å². The first-order valence-corrected chi connectivity index (χ1v) is 8.07. The topological polar surface area (TPSA) is 63.1 Å².